The fourth-order valence-corrected chi connectivity index (χ4v) is 2.15. The zero-order chi connectivity index (χ0) is 13.9. The third kappa shape index (κ3) is 2.28. The average Bonchev–Trinajstić information content (AvgIpc) is 2.92. The smallest absolute Gasteiger partial charge is 0.168 e. The lowest BCUT2D eigenvalue weighted by molar-refractivity contribution is 0.626. The van der Waals surface area contributed by atoms with Gasteiger partial charge in [0.15, 0.2) is 11.6 Å². The van der Waals surface area contributed by atoms with Crippen molar-refractivity contribution in [3.8, 4) is 17.1 Å². The van der Waals surface area contributed by atoms with Crippen molar-refractivity contribution in [3.63, 3.8) is 0 Å². The highest BCUT2D eigenvalue weighted by Crippen LogP contribution is 2.23. The van der Waals surface area contributed by atoms with Crippen LogP contribution in [0.15, 0.2) is 48.8 Å². The Bertz CT molecular complexity index is 727. The molecule has 4 nitrogen and oxygen atoms in total. The van der Waals surface area contributed by atoms with Gasteiger partial charge in [0.1, 0.15) is 5.82 Å². The quantitative estimate of drug-likeness (QED) is 0.695. The summed E-state index contributed by atoms with van der Waals surface area (Å²) in [4.78, 5) is 3.97. The van der Waals surface area contributed by atoms with E-state index in [1.807, 2.05) is 12.1 Å². The second-order valence-corrected chi connectivity index (χ2v) is 4.39. The van der Waals surface area contributed by atoms with E-state index in [-0.39, 0.29) is 11.7 Å². The van der Waals surface area contributed by atoms with Gasteiger partial charge in [-0.15, -0.1) is 21.8 Å². The lowest BCUT2D eigenvalue weighted by Crippen LogP contribution is -2.02. The van der Waals surface area contributed by atoms with Crippen molar-refractivity contribution < 1.29 is 4.39 Å². The van der Waals surface area contributed by atoms with Gasteiger partial charge in [-0.3, -0.25) is 9.55 Å². The summed E-state index contributed by atoms with van der Waals surface area (Å²) in [6.45, 7) is 0. The number of rotatable bonds is 3. The molecule has 0 saturated carbocycles. The summed E-state index contributed by atoms with van der Waals surface area (Å²) in [5.41, 5.74) is 1.48. The highest BCUT2D eigenvalue weighted by atomic mass is 35.5. The number of halogens is 2. The summed E-state index contributed by atoms with van der Waals surface area (Å²) in [6, 6.07) is 9.87. The Kier molecular flexibility index (Phi) is 3.43. The number of hydrogen-bond donors (Lipinski definition) is 0. The molecule has 3 aromatic rings. The lowest BCUT2D eigenvalue weighted by atomic mass is 10.2. The van der Waals surface area contributed by atoms with Gasteiger partial charge >= 0.3 is 0 Å². The van der Waals surface area contributed by atoms with Gasteiger partial charge in [0.25, 0.3) is 0 Å². The van der Waals surface area contributed by atoms with Crippen molar-refractivity contribution >= 4 is 11.6 Å². The predicted octanol–water partition coefficient (Wildman–Crippen LogP) is 3.21. The molecule has 2 heterocycles. The molecule has 0 saturated heterocycles. The van der Waals surface area contributed by atoms with E-state index >= 15 is 0 Å². The molecule has 0 radical (unpaired) electrons. The zero-order valence-electron chi connectivity index (χ0n) is 10.4. The van der Waals surface area contributed by atoms with Gasteiger partial charge in [-0.2, -0.15) is 0 Å². The Hall–Kier alpha value is -2.27. The third-order valence-electron chi connectivity index (χ3n) is 2.85. The first-order valence-electron chi connectivity index (χ1n) is 5.96. The SMILES string of the molecule is Fc1cccc(-n2c(CCl)nnc2-c2ccncc2)c1. The van der Waals surface area contributed by atoms with E-state index in [0.29, 0.717) is 17.3 Å². The van der Waals surface area contributed by atoms with E-state index in [1.165, 1.54) is 12.1 Å². The first-order valence-corrected chi connectivity index (χ1v) is 6.49. The second kappa shape index (κ2) is 5.38. The number of benzene rings is 1. The summed E-state index contributed by atoms with van der Waals surface area (Å²) < 4.78 is 15.2. The van der Waals surface area contributed by atoms with Crippen LogP contribution in [0.4, 0.5) is 4.39 Å². The van der Waals surface area contributed by atoms with Crippen molar-refractivity contribution in [1.29, 1.82) is 0 Å². The Morgan fingerprint density at radius 3 is 2.60 bits per heavy atom. The molecule has 0 atom stereocenters. The van der Waals surface area contributed by atoms with Gasteiger partial charge in [-0.05, 0) is 30.3 Å². The number of pyridine rings is 1. The van der Waals surface area contributed by atoms with Gasteiger partial charge < -0.3 is 0 Å². The highest BCUT2D eigenvalue weighted by molar-refractivity contribution is 6.16. The van der Waals surface area contributed by atoms with Gasteiger partial charge in [-0.25, -0.2) is 4.39 Å². The molecule has 0 fully saturated rings. The molecular formula is C14H10ClFN4. The van der Waals surface area contributed by atoms with Crippen LogP contribution >= 0.6 is 11.6 Å². The van der Waals surface area contributed by atoms with Gasteiger partial charge in [0.2, 0.25) is 0 Å². The molecule has 20 heavy (non-hydrogen) atoms. The Labute approximate surface area is 119 Å². The van der Waals surface area contributed by atoms with E-state index in [0.717, 1.165) is 5.56 Å². The summed E-state index contributed by atoms with van der Waals surface area (Å²) in [5.74, 6) is 1.03. The molecule has 0 spiro atoms. The molecular weight excluding hydrogens is 279 g/mol. The molecule has 0 bridgehead atoms. The lowest BCUT2D eigenvalue weighted by Gasteiger charge is -2.09. The van der Waals surface area contributed by atoms with Crippen LogP contribution in [-0.4, -0.2) is 19.7 Å². The molecule has 2 aromatic heterocycles. The van der Waals surface area contributed by atoms with E-state index in [1.54, 1.807) is 29.1 Å². The standard InChI is InChI=1S/C14H10ClFN4/c15-9-13-18-19-14(10-4-6-17-7-5-10)20(13)12-3-1-2-11(16)8-12/h1-8H,9H2. The normalized spacial score (nSPS) is 10.7. The Morgan fingerprint density at radius 1 is 1.10 bits per heavy atom. The van der Waals surface area contributed by atoms with Crippen LogP contribution in [0.3, 0.4) is 0 Å². The van der Waals surface area contributed by atoms with Crippen molar-refractivity contribution in [3.05, 3.63) is 60.4 Å². The first kappa shape index (κ1) is 12.7. The minimum atomic E-state index is -0.322. The van der Waals surface area contributed by atoms with E-state index in [9.17, 15) is 4.39 Å². The van der Waals surface area contributed by atoms with Gasteiger partial charge in [0, 0.05) is 18.0 Å². The summed E-state index contributed by atoms with van der Waals surface area (Å²) in [5, 5.41) is 8.20. The fourth-order valence-electron chi connectivity index (χ4n) is 1.98. The number of nitrogens with zero attached hydrogens (tertiary/aromatic N) is 4. The third-order valence-corrected chi connectivity index (χ3v) is 3.09. The summed E-state index contributed by atoms with van der Waals surface area (Å²) in [6.07, 6.45) is 3.33. The molecule has 0 aliphatic heterocycles. The molecule has 0 amide bonds. The van der Waals surface area contributed by atoms with Crippen molar-refractivity contribution in [2.75, 3.05) is 0 Å². The topological polar surface area (TPSA) is 43.6 Å². The second-order valence-electron chi connectivity index (χ2n) is 4.12. The summed E-state index contributed by atoms with van der Waals surface area (Å²) in [7, 11) is 0. The minimum Gasteiger partial charge on any atom is -0.278 e. The van der Waals surface area contributed by atoms with E-state index in [4.69, 9.17) is 11.6 Å². The number of alkyl halides is 1. The first-order chi connectivity index (χ1) is 9.79. The molecule has 1 aromatic carbocycles. The number of aromatic nitrogens is 4. The molecule has 0 aliphatic carbocycles. The number of hydrogen-bond acceptors (Lipinski definition) is 3. The molecule has 3 rings (SSSR count). The van der Waals surface area contributed by atoms with Crippen LogP contribution in [0.1, 0.15) is 5.82 Å². The predicted molar refractivity (Wildman–Crippen MR) is 74.1 cm³/mol. The molecule has 0 N–H and O–H groups in total. The summed E-state index contributed by atoms with van der Waals surface area (Å²) >= 11 is 5.89. The molecule has 0 unspecified atom stereocenters. The van der Waals surface area contributed by atoms with Crippen LogP contribution < -0.4 is 0 Å². The maximum atomic E-state index is 13.4. The average molecular weight is 289 g/mol. The van der Waals surface area contributed by atoms with Crippen LogP contribution in [0.2, 0.25) is 0 Å². The van der Waals surface area contributed by atoms with Crippen LogP contribution in [-0.2, 0) is 5.88 Å². The Morgan fingerprint density at radius 2 is 1.90 bits per heavy atom. The zero-order valence-corrected chi connectivity index (χ0v) is 11.1. The van der Waals surface area contributed by atoms with Gasteiger partial charge in [0.05, 0.1) is 11.6 Å². The van der Waals surface area contributed by atoms with Crippen molar-refractivity contribution in [2.24, 2.45) is 0 Å². The largest absolute Gasteiger partial charge is 0.278 e. The minimum absolute atomic E-state index is 0.189. The monoisotopic (exact) mass is 288 g/mol. The van der Waals surface area contributed by atoms with E-state index in [2.05, 4.69) is 15.2 Å². The van der Waals surface area contributed by atoms with Crippen molar-refractivity contribution in [1.82, 2.24) is 19.7 Å². The van der Waals surface area contributed by atoms with Crippen LogP contribution in [0.25, 0.3) is 17.1 Å². The maximum Gasteiger partial charge on any atom is 0.168 e. The molecule has 6 heteroatoms. The van der Waals surface area contributed by atoms with Crippen LogP contribution in [0.5, 0.6) is 0 Å². The molecule has 0 aliphatic rings. The highest BCUT2D eigenvalue weighted by Gasteiger charge is 2.15. The van der Waals surface area contributed by atoms with Gasteiger partial charge in [-0.1, -0.05) is 6.07 Å². The fraction of sp³-hybridized carbons (Fsp3) is 0.0714. The van der Waals surface area contributed by atoms with Crippen molar-refractivity contribution in [2.45, 2.75) is 5.88 Å². The van der Waals surface area contributed by atoms with Crippen LogP contribution in [0, 0.1) is 5.82 Å². The van der Waals surface area contributed by atoms with E-state index < -0.39 is 0 Å². The molecule has 100 valence electrons. The Balaban J connectivity index is 2.21. The maximum absolute atomic E-state index is 13.4.